The molecule has 5 N–H and O–H groups in total. The zero-order valence-corrected chi connectivity index (χ0v) is 15.2. The van der Waals surface area contributed by atoms with E-state index in [2.05, 4.69) is 0 Å². The van der Waals surface area contributed by atoms with E-state index in [0.29, 0.717) is 5.56 Å². The highest BCUT2D eigenvalue weighted by Crippen LogP contribution is 2.30. The molecule has 6 nitrogen and oxygen atoms in total. The van der Waals surface area contributed by atoms with Crippen molar-refractivity contribution in [2.24, 2.45) is 11.7 Å². The molecule has 0 saturated carbocycles. The number of amides is 2. The number of carbonyl (C=O) groups excluding carboxylic acids is 2. The van der Waals surface area contributed by atoms with Crippen molar-refractivity contribution in [1.29, 1.82) is 0 Å². The molecule has 0 aliphatic carbocycles. The molecule has 0 bridgehead atoms. The monoisotopic (exact) mass is 407 g/mol. The SMILES string of the molecule is CC(F)(CCC(CC(O)[CH]Cc1cccc(C(F)(F)F)c1)C(=O)NO)C(N)=O. The lowest BCUT2D eigenvalue weighted by molar-refractivity contribution is -0.137. The second kappa shape index (κ2) is 9.83. The van der Waals surface area contributed by atoms with E-state index in [1.807, 2.05) is 0 Å². The maximum atomic E-state index is 14.0. The number of benzene rings is 1. The Morgan fingerprint density at radius 3 is 2.46 bits per heavy atom. The van der Waals surface area contributed by atoms with E-state index in [-0.39, 0.29) is 19.3 Å². The van der Waals surface area contributed by atoms with Gasteiger partial charge in [-0.15, -0.1) is 0 Å². The number of halogens is 4. The summed E-state index contributed by atoms with van der Waals surface area (Å²) in [6.07, 6.45) is -5.21. The number of hydrogen-bond acceptors (Lipinski definition) is 4. The fraction of sp³-hybridized carbons (Fsp3) is 0.500. The highest BCUT2D eigenvalue weighted by molar-refractivity contribution is 5.83. The van der Waals surface area contributed by atoms with Crippen molar-refractivity contribution in [2.75, 3.05) is 0 Å². The zero-order valence-electron chi connectivity index (χ0n) is 15.2. The van der Waals surface area contributed by atoms with Crippen LogP contribution in [0.25, 0.3) is 0 Å². The number of primary amides is 1. The zero-order chi connectivity index (χ0) is 21.5. The maximum absolute atomic E-state index is 14.0. The van der Waals surface area contributed by atoms with Gasteiger partial charge in [0.1, 0.15) is 0 Å². The van der Waals surface area contributed by atoms with Gasteiger partial charge in [-0.1, -0.05) is 18.2 Å². The fourth-order valence-corrected chi connectivity index (χ4v) is 2.55. The molecule has 0 aliphatic rings. The number of aliphatic hydroxyl groups is 1. The first-order valence-electron chi connectivity index (χ1n) is 8.47. The summed E-state index contributed by atoms with van der Waals surface area (Å²) in [7, 11) is 0. The lowest BCUT2D eigenvalue weighted by Crippen LogP contribution is -2.38. The first-order valence-corrected chi connectivity index (χ1v) is 8.47. The first-order chi connectivity index (χ1) is 12.9. The molecule has 0 fully saturated rings. The largest absolute Gasteiger partial charge is 0.416 e. The van der Waals surface area contributed by atoms with Gasteiger partial charge in [-0.25, -0.2) is 9.87 Å². The molecule has 1 aromatic rings. The van der Waals surface area contributed by atoms with Crippen LogP contribution < -0.4 is 11.2 Å². The molecule has 0 heterocycles. The van der Waals surface area contributed by atoms with Crippen LogP contribution in [0, 0.1) is 12.3 Å². The quantitative estimate of drug-likeness (QED) is 0.271. The fourth-order valence-electron chi connectivity index (χ4n) is 2.55. The normalized spacial score (nSPS) is 16.1. The smallest absolute Gasteiger partial charge is 0.393 e. The van der Waals surface area contributed by atoms with Gasteiger partial charge >= 0.3 is 6.18 Å². The molecule has 10 heteroatoms. The Hall–Kier alpha value is -2.20. The molecule has 0 saturated heterocycles. The molecule has 3 atom stereocenters. The van der Waals surface area contributed by atoms with Crippen molar-refractivity contribution in [2.45, 2.75) is 50.6 Å². The van der Waals surface area contributed by atoms with Gasteiger partial charge in [0.25, 0.3) is 5.91 Å². The third kappa shape index (κ3) is 7.43. The van der Waals surface area contributed by atoms with Crippen LogP contribution in [-0.2, 0) is 22.2 Å². The number of hydrogen-bond donors (Lipinski definition) is 4. The molecule has 1 aromatic carbocycles. The van der Waals surface area contributed by atoms with Crippen molar-refractivity contribution in [3.05, 3.63) is 41.8 Å². The summed E-state index contributed by atoms with van der Waals surface area (Å²) in [4.78, 5) is 22.7. The summed E-state index contributed by atoms with van der Waals surface area (Å²) in [5.41, 5.74) is 3.45. The number of hydroxylamine groups is 1. The van der Waals surface area contributed by atoms with Crippen LogP contribution in [0.3, 0.4) is 0 Å². The van der Waals surface area contributed by atoms with Gasteiger partial charge in [-0.05, 0) is 50.7 Å². The van der Waals surface area contributed by atoms with Gasteiger partial charge in [-0.2, -0.15) is 13.2 Å². The van der Waals surface area contributed by atoms with E-state index in [1.165, 1.54) is 24.0 Å². The number of alkyl halides is 4. The van der Waals surface area contributed by atoms with Crippen molar-refractivity contribution in [1.82, 2.24) is 5.48 Å². The maximum Gasteiger partial charge on any atom is 0.416 e. The lowest BCUT2D eigenvalue weighted by atomic mass is 9.89. The number of rotatable bonds is 10. The van der Waals surface area contributed by atoms with Crippen LogP contribution in [-0.4, -0.2) is 33.9 Å². The average Bonchev–Trinajstić information content (AvgIpc) is 2.62. The topological polar surface area (TPSA) is 113 Å². The third-order valence-electron chi connectivity index (χ3n) is 4.36. The average molecular weight is 407 g/mol. The van der Waals surface area contributed by atoms with Crippen LogP contribution in [0.2, 0.25) is 0 Å². The van der Waals surface area contributed by atoms with Crippen LogP contribution in [0.1, 0.15) is 37.3 Å². The predicted octanol–water partition coefficient (Wildman–Crippen LogP) is 2.32. The molecule has 0 aromatic heterocycles. The van der Waals surface area contributed by atoms with Gasteiger partial charge in [0, 0.05) is 5.92 Å². The second-order valence-corrected chi connectivity index (χ2v) is 6.71. The molecule has 1 radical (unpaired) electrons. The van der Waals surface area contributed by atoms with E-state index >= 15 is 0 Å². The number of nitrogens with one attached hydrogen (secondary N) is 1. The lowest BCUT2D eigenvalue weighted by Gasteiger charge is -2.22. The molecule has 0 spiro atoms. The van der Waals surface area contributed by atoms with Crippen LogP contribution in [0.4, 0.5) is 17.6 Å². The van der Waals surface area contributed by atoms with Crippen LogP contribution in [0.5, 0.6) is 0 Å². The van der Waals surface area contributed by atoms with Crippen molar-refractivity contribution >= 4 is 11.8 Å². The molecule has 2 amide bonds. The molecule has 1 rings (SSSR count). The molecule has 28 heavy (non-hydrogen) atoms. The van der Waals surface area contributed by atoms with E-state index in [1.54, 1.807) is 0 Å². The molecule has 3 unspecified atom stereocenters. The second-order valence-electron chi connectivity index (χ2n) is 6.71. The first kappa shape index (κ1) is 23.8. The Bertz CT molecular complexity index is 680. The van der Waals surface area contributed by atoms with Gasteiger partial charge in [0.2, 0.25) is 5.91 Å². The number of carbonyl (C=O) groups is 2. The van der Waals surface area contributed by atoms with E-state index in [4.69, 9.17) is 10.9 Å². The van der Waals surface area contributed by atoms with Crippen molar-refractivity contribution in [3.8, 4) is 0 Å². The summed E-state index contributed by atoms with van der Waals surface area (Å²) in [5.74, 6) is -3.12. The summed E-state index contributed by atoms with van der Waals surface area (Å²) >= 11 is 0. The summed E-state index contributed by atoms with van der Waals surface area (Å²) < 4.78 is 52.1. The van der Waals surface area contributed by atoms with Crippen LogP contribution >= 0.6 is 0 Å². The Balaban J connectivity index is 2.67. The third-order valence-corrected chi connectivity index (χ3v) is 4.36. The number of aliphatic hydroxyl groups excluding tert-OH is 1. The molecular formula is C18H23F4N2O4. The summed E-state index contributed by atoms with van der Waals surface area (Å²) in [6.45, 7) is 0.958. The Labute approximate surface area is 159 Å². The molecule has 0 aliphatic heterocycles. The van der Waals surface area contributed by atoms with E-state index < -0.39 is 47.7 Å². The van der Waals surface area contributed by atoms with E-state index in [9.17, 15) is 32.3 Å². The Morgan fingerprint density at radius 1 is 1.29 bits per heavy atom. The molecular weight excluding hydrogens is 384 g/mol. The number of nitrogens with two attached hydrogens (primary N) is 1. The van der Waals surface area contributed by atoms with Crippen molar-refractivity contribution < 1.29 is 37.5 Å². The highest BCUT2D eigenvalue weighted by Gasteiger charge is 2.33. The summed E-state index contributed by atoms with van der Waals surface area (Å²) in [6, 6.07) is 4.57. The van der Waals surface area contributed by atoms with Crippen LogP contribution in [0.15, 0.2) is 24.3 Å². The minimum Gasteiger partial charge on any atom is -0.393 e. The summed E-state index contributed by atoms with van der Waals surface area (Å²) in [5, 5.41) is 18.9. The standard InChI is InChI=1S/C18H23F4N2O4/c1-17(19,16(23)27)8-7-12(15(26)24-28)10-14(25)6-5-11-3-2-4-13(9-11)18(20,21)22/h2-4,6,9,12,14,25,28H,5,7-8,10H2,1H3,(H2,23,27)(H,24,26). The predicted molar refractivity (Wildman–Crippen MR) is 91.4 cm³/mol. The molecule has 157 valence electrons. The minimum atomic E-state index is -4.49. The Kier molecular flexibility index (Phi) is 8.37. The van der Waals surface area contributed by atoms with Gasteiger partial charge in [-0.3, -0.25) is 14.8 Å². The van der Waals surface area contributed by atoms with E-state index in [0.717, 1.165) is 19.1 Å². The highest BCUT2D eigenvalue weighted by atomic mass is 19.4. The van der Waals surface area contributed by atoms with Gasteiger partial charge < -0.3 is 10.8 Å². The van der Waals surface area contributed by atoms with Gasteiger partial charge in [0.15, 0.2) is 5.67 Å². The van der Waals surface area contributed by atoms with Crippen molar-refractivity contribution in [3.63, 3.8) is 0 Å². The van der Waals surface area contributed by atoms with Gasteiger partial charge in [0.05, 0.1) is 11.7 Å². The Morgan fingerprint density at radius 2 is 1.93 bits per heavy atom. The minimum absolute atomic E-state index is 0.000658.